The molecule has 0 aliphatic rings. The van der Waals surface area contributed by atoms with Crippen LogP contribution < -0.4 is 0 Å². The average molecular weight is 305 g/mol. The molecule has 3 rings (SSSR count). The van der Waals surface area contributed by atoms with Crippen LogP contribution in [0.5, 0.6) is 0 Å². The number of fused-ring (bicyclic) bond motifs is 1. The van der Waals surface area contributed by atoms with Crippen molar-refractivity contribution in [2.24, 2.45) is 0 Å². The van der Waals surface area contributed by atoms with E-state index in [2.05, 4.69) is 26.0 Å². The molecule has 1 heterocycles. The molecule has 0 unspecified atom stereocenters. The van der Waals surface area contributed by atoms with Gasteiger partial charge >= 0.3 is 5.97 Å². The minimum Gasteiger partial charge on any atom is -0.478 e. The minimum absolute atomic E-state index is 0.305. The summed E-state index contributed by atoms with van der Waals surface area (Å²) in [6.45, 7) is 4.17. The quantitative estimate of drug-likeness (QED) is 0.758. The summed E-state index contributed by atoms with van der Waals surface area (Å²) >= 11 is 0. The summed E-state index contributed by atoms with van der Waals surface area (Å²) < 4.78 is 0. The molecule has 1 N–H and O–H groups in total. The van der Waals surface area contributed by atoms with E-state index in [-0.39, 0.29) is 0 Å². The number of aromatic carboxylic acids is 1. The highest BCUT2D eigenvalue weighted by atomic mass is 16.4. The van der Waals surface area contributed by atoms with Crippen molar-refractivity contribution < 1.29 is 9.90 Å². The van der Waals surface area contributed by atoms with Gasteiger partial charge in [-0.15, -0.1) is 0 Å². The lowest BCUT2D eigenvalue weighted by molar-refractivity contribution is 0.0699. The topological polar surface area (TPSA) is 50.2 Å². The second kappa shape index (κ2) is 6.21. The molecular weight excluding hydrogens is 286 g/mol. The molecule has 0 radical (unpaired) electrons. The van der Waals surface area contributed by atoms with Gasteiger partial charge in [-0.3, -0.25) is 0 Å². The lowest BCUT2D eigenvalue weighted by Crippen LogP contribution is -2.01. The van der Waals surface area contributed by atoms with E-state index < -0.39 is 5.97 Å². The van der Waals surface area contributed by atoms with Gasteiger partial charge in [-0.2, -0.15) is 0 Å². The molecule has 0 saturated heterocycles. The van der Waals surface area contributed by atoms with Crippen molar-refractivity contribution in [3.05, 3.63) is 65.2 Å². The van der Waals surface area contributed by atoms with Gasteiger partial charge in [0.05, 0.1) is 16.8 Å². The van der Waals surface area contributed by atoms with Gasteiger partial charge in [0, 0.05) is 10.9 Å². The molecule has 0 saturated carbocycles. The SMILES string of the molecule is CCc1ccc(-c2cc(C(=O)O)c3cccc(CC)c3n2)cc1. The van der Waals surface area contributed by atoms with Gasteiger partial charge < -0.3 is 5.11 Å². The Morgan fingerprint density at radius 2 is 1.78 bits per heavy atom. The third-order valence-electron chi connectivity index (χ3n) is 4.19. The largest absolute Gasteiger partial charge is 0.478 e. The molecule has 3 aromatic rings. The Bertz CT molecular complexity index is 867. The summed E-state index contributed by atoms with van der Waals surface area (Å²) in [5.74, 6) is -0.919. The second-order valence-corrected chi connectivity index (χ2v) is 5.58. The lowest BCUT2D eigenvalue weighted by atomic mass is 10.00. The predicted octanol–water partition coefficient (Wildman–Crippen LogP) is 4.72. The Balaban J connectivity index is 2.26. The van der Waals surface area contributed by atoms with Crippen molar-refractivity contribution in [3.8, 4) is 11.3 Å². The van der Waals surface area contributed by atoms with Crippen LogP contribution in [0.2, 0.25) is 0 Å². The standard InChI is InChI=1S/C20H19NO2/c1-3-13-8-10-15(11-9-13)18-12-17(20(22)23)16-7-5-6-14(4-2)19(16)21-18/h5-12H,3-4H2,1-2H3,(H,22,23). The summed E-state index contributed by atoms with van der Waals surface area (Å²) in [6, 6.07) is 15.5. The number of para-hydroxylation sites is 1. The zero-order chi connectivity index (χ0) is 16.4. The van der Waals surface area contributed by atoms with E-state index in [1.807, 2.05) is 30.3 Å². The summed E-state index contributed by atoms with van der Waals surface area (Å²) in [5.41, 5.74) is 5.06. The Morgan fingerprint density at radius 1 is 1.04 bits per heavy atom. The van der Waals surface area contributed by atoms with E-state index in [9.17, 15) is 9.90 Å². The smallest absolute Gasteiger partial charge is 0.336 e. The molecule has 23 heavy (non-hydrogen) atoms. The Labute approximate surface area is 135 Å². The number of carbonyl (C=O) groups is 1. The number of hydrogen-bond donors (Lipinski definition) is 1. The predicted molar refractivity (Wildman–Crippen MR) is 92.9 cm³/mol. The first kappa shape index (κ1) is 15.2. The first-order chi connectivity index (χ1) is 11.1. The maximum absolute atomic E-state index is 11.7. The van der Waals surface area contributed by atoms with Crippen LogP contribution >= 0.6 is 0 Å². The number of nitrogens with zero attached hydrogens (tertiary/aromatic N) is 1. The first-order valence-electron chi connectivity index (χ1n) is 7.89. The van der Waals surface area contributed by atoms with Gasteiger partial charge in [0.15, 0.2) is 0 Å². The van der Waals surface area contributed by atoms with Gasteiger partial charge in [-0.25, -0.2) is 9.78 Å². The Hall–Kier alpha value is -2.68. The monoisotopic (exact) mass is 305 g/mol. The zero-order valence-corrected chi connectivity index (χ0v) is 13.3. The Morgan fingerprint density at radius 3 is 2.39 bits per heavy atom. The van der Waals surface area contributed by atoms with Crippen molar-refractivity contribution in [1.29, 1.82) is 0 Å². The molecule has 0 atom stereocenters. The van der Waals surface area contributed by atoms with Gasteiger partial charge in [0.2, 0.25) is 0 Å². The maximum atomic E-state index is 11.7. The highest BCUT2D eigenvalue weighted by Gasteiger charge is 2.14. The number of aromatic nitrogens is 1. The van der Waals surface area contributed by atoms with E-state index in [0.29, 0.717) is 16.6 Å². The van der Waals surface area contributed by atoms with E-state index in [1.54, 1.807) is 6.07 Å². The third-order valence-corrected chi connectivity index (χ3v) is 4.19. The molecule has 3 heteroatoms. The highest BCUT2D eigenvalue weighted by Crippen LogP contribution is 2.27. The van der Waals surface area contributed by atoms with Crippen LogP contribution in [0.25, 0.3) is 22.2 Å². The van der Waals surface area contributed by atoms with Crippen molar-refractivity contribution in [3.63, 3.8) is 0 Å². The summed E-state index contributed by atoms with van der Waals surface area (Å²) in [5, 5.41) is 10.3. The fraction of sp³-hybridized carbons (Fsp3) is 0.200. The van der Waals surface area contributed by atoms with Crippen LogP contribution in [0, 0.1) is 0 Å². The molecule has 0 spiro atoms. The number of aryl methyl sites for hydroxylation is 2. The number of carboxylic acid groups (broad SMARTS) is 1. The van der Waals surface area contributed by atoms with Gasteiger partial charge in [0.25, 0.3) is 0 Å². The molecule has 3 nitrogen and oxygen atoms in total. The average Bonchev–Trinajstić information content (AvgIpc) is 2.60. The molecular formula is C20H19NO2. The third kappa shape index (κ3) is 2.82. The highest BCUT2D eigenvalue weighted by molar-refractivity contribution is 6.04. The molecule has 0 fully saturated rings. The molecule has 2 aromatic carbocycles. The number of pyridine rings is 1. The van der Waals surface area contributed by atoms with E-state index in [1.165, 1.54) is 5.56 Å². The zero-order valence-electron chi connectivity index (χ0n) is 13.3. The van der Waals surface area contributed by atoms with E-state index in [0.717, 1.165) is 29.5 Å². The summed E-state index contributed by atoms with van der Waals surface area (Å²) in [4.78, 5) is 16.4. The molecule has 0 bridgehead atoms. The van der Waals surface area contributed by atoms with Crippen molar-refractivity contribution in [2.75, 3.05) is 0 Å². The molecule has 116 valence electrons. The Kier molecular flexibility index (Phi) is 4.11. The summed E-state index contributed by atoms with van der Waals surface area (Å²) in [7, 11) is 0. The number of benzene rings is 2. The van der Waals surface area contributed by atoms with Gasteiger partial charge in [-0.05, 0) is 30.0 Å². The van der Waals surface area contributed by atoms with Crippen LogP contribution in [0.4, 0.5) is 0 Å². The fourth-order valence-electron chi connectivity index (χ4n) is 2.83. The molecule has 1 aromatic heterocycles. The maximum Gasteiger partial charge on any atom is 0.336 e. The normalized spacial score (nSPS) is 10.9. The second-order valence-electron chi connectivity index (χ2n) is 5.58. The van der Waals surface area contributed by atoms with Crippen LogP contribution in [0.1, 0.15) is 35.3 Å². The van der Waals surface area contributed by atoms with Crippen molar-refractivity contribution in [1.82, 2.24) is 4.98 Å². The molecule has 0 aliphatic heterocycles. The number of carboxylic acids is 1. The van der Waals surface area contributed by atoms with E-state index >= 15 is 0 Å². The van der Waals surface area contributed by atoms with Crippen LogP contribution in [-0.2, 0) is 12.8 Å². The first-order valence-corrected chi connectivity index (χ1v) is 7.89. The lowest BCUT2D eigenvalue weighted by Gasteiger charge is -2.10. The number of hydrogen-bond acceptors (Lipinski definition) is 2. The van der Waals surface area contributed by atoms with Crippen LogP contribution in [0.15, 0.2) is 48.5 Å². The van der Waals surface area contributed by atoms with Crippen molar-refractivity contribution >= 4 is 16.9 Å². The van der Waals surface area contributed by atoms with Gasteiger partial charge in [-0.1, -0.05) is 56.3 Å². The van der Waals surface area contributed by atoms with Crippen LogP contribution in [0.3, 0.4) is 0 Å². The minimum atomic E-state index is -0.919. The van der Waals surface area contributed by atoms with Gasteiger partial charge in [0.1, 0.15) is 0 Å². The fourth-order valence-corrected chi connectivity index (χ4v) is 2.83. The molecule has 0 amide bonds. The number of rotatable bonds is 4. The van der Waals surface area contributed by atoms with Crippen molar-refractivity contribution in [2.45, 2.75) is 26.7 Å². The van der Waals surface area contributed by atoms with Crippen LogP contribution in [-0.4, -0.2) is 16.1 Å². The molecule has 0 aliphatic carbocycles. The van der Waals surface area contributed by atoms with E-state index in [4.69, 9.17) is 4.98 Å². The summed E-state index contributed by atoms with van der Waals surface area (Å²) in [6.07, 6.45) is 1.80.